The summed E-state index contributed by atoms with van der Waals surface area (Å²) in [5.74, 6) is -0.335. The first-order valence-corrected chi connectivity index (χ1v) is 4.48. The number of halogens is 3. The molecule has 1 aromatic carbocycles. The molecule has 0 bridgehead atoms. The van der Waals surface area contributed by atoms with Gasteiger partial charge in [-0.15, -0.1) is 12.6 Å². The maximum Gasteiger partial charge on any atom is 0.151 e. The van der Waals surface area contributed by atoms with E-state index in [1.165, 1.54) is 0 Å². The quantitative estimate of drug-likeness (QED) is 0.546. The molecule has 0 heterocycles. The molecule has 0 unspecified atom stereocenters. The molecule has 54 valence electrons. The van der Waals surface area contributed by atoms with Crippen molar-refractivity contribution in [1.29, 1.82) is 0 Å². The molecule has 0 atom stereocenters. The third-order valence-electron chi connectivity index (χ3n) is 1.02. The SMILES string of the molecule is Fc1c(Br)ccc(Br)c1S. The molecule has 1 rings (SSSR count). The van der Waals surface area contributed by atoms with Gasteiger partial charge >= 0.3 is 0 Å². The van der Waals surface area contributed by atoms with Crippen LogP contribution in [0.4, 0.5) is 4.39 Å². The van der Waals surface area contributed by atoms with E-state index in [0.29, 0.717) is 13.8 Å². The molecule has 0 fully saturated rings. The molecule has 0 radical (unpaired) electrons. The van der Waals surface area contributed by atoms with Gasteiger partial charge in [0, 0.05) is 4.47 Å². The smallest absolute Gasteiger partial charge is 0.151 e. The Bertz CT molecular complexity index is 235. The fourth-order valence-corrected chi connectivity index (χ4v) is 1.50. The van der Waals surface area contributed by atoms with Crippen LogP contribution in [0.25, 0.3) is 0 Å². The molecule has 10 heavy (non-hydrogen) atoms. The number of thiol groups is 1. The van der Waals surface area contributed by atoms with Crippen molar-refractivity contribution < 1.29 is 4.39 Å². The number of hydrogen-bond donors (Lipinski definition) is 1. The summed E-state index contributed by atoms with van der Waals surface area (Å²) in [7, 11) is 0. The summed E-state index contributed by atoms with van der Waals surface area (Å²) in [5.41, 5.74) is 0. The van der Waals surface area contributed by atoms with Gasteiger partial charge in [-0.2, -0.15) is 0 Å². The molecule has 0 amide bonds. The van der Waals surface area contributed by atoms with E-state index in [9.17, 15) is 4.39 Å². The second-order valence-corrected chi connectivity index (χ2v) is 3.85. The molecule has 1 aromatic rings. The Morgan fingerprint density at radius 3 is 2.20 bits per heavy atom. The largest absolute Gasteiger partial charge is 0.204 e. The predicted molar refractivity (Wildman–Crippen MR) is 49.1 cm³/mol. The molecule has 0 nitrogen and oxygen atoms in total. The van der Waals surface area contributed by atoms with E-state index in [2.05, 4.69) is 44.5 Å². The zero-order valence-electron chi connectivity index (χ0n) is 4.74. The maximum atomic E-state index is 12.8. The monoisotopic (exact) mass is 284 g/mol. The van der Waals surface area contributed by atoms with Gasteiger partial charge in [-0.05, 0) is 44.0 Å². The number of hydrogen-bond acceptors (Lipinski definition) is 1. The van der Waals surface area contributed by atoms with Gasteiger partial charge in [-0.3, -0.25) is 0 Å². The zero-order chi connectivity index (χ0) is 7.72. The topological polar surface area (TPSA) is 0 Å². The molecule has 0 N–H and O–H groups in total. The van der Waals surface area contributed by atoms with E-state index in [-0.39, 0.29) is 5.82 Å². The molecule has 0 aliphatic heterocycles. The van der Waals surface area contributed by atoms with Gasteiger partial charge in [0.05, 0.1) is 9.37 Å². The standard InChI is InChI=1S/C6H3Br2FS/c7-3-1-2-4(8)6(10)5(3)9/h1-2,10H. The maximum absolute atomic E-state index is 12.8. The summed E-state index contributed by atoms with van der Waals surface area (Å²) in [6.45, 7) is 0. The van der Waals surface area contributed by atoms with Crippen molar-refractivity contribution in [2.24, 2.45) is 0 Å². The van der Waals surface area contributed by atoms with Crippen LogP contribution in [-0.2, 0) is 0 Å². The van der Waals surface area contributed by atoms with Crippen molar-refractivity contribution in [1.82, 2.24) is 0 Å². The van der Waals surface area contributed by atoms with Crippen LogP contribution >= 0.6 is 44.5 Å². The Morgan fingerprint density at radius 2 is 1.70 bits per heavy atom. The third kappa shape index (κ3) is 1.54. The highest BCUT2D eigenvalue weighted by molar-refractivity contribution is 9.11. The van der Waals surface area contributed by atoms with Gasteiger partial charge in [0.2, 0.25) is 0 Å². The fourth-order valence-electron chi connectivity index (χ4n) is 0.516. The Kier molecular flexibility index (Phi) is 2.77. The summed E-state index contributed by atoms with van der Waals surface area (Å²) in [5, 5.41) is 0. The van der Waals surface area contributed by atoms with Gasteiger partial charge in [0.1, 0.15) is 0 Å². The zero-order valence-corrected chi connectivity index (χ0v) is 8.80. The predicted octanol–water partition coefficient (Wildman–Crippen LogP) is 3.64. The highest BCUT2D eigenvalue weighted by Gasteiger charge is 2.05. The summed E-state index contributed by atoms with van der Waals surface area (Å²) in [6.07, 6.45) is 0. The van der Waals surface area contributed by atoms with Crippen LogP contribution in [0.3, 0.4) is 0 Å². The van der Waals surface area contributed by atoms with Gasteiger partial charge in [-0.25, -0.2) is 4.39 Å². The Labute approximate surface area is 80.5 Å². The molecule has 0 aromatic heterocycles. The minimum Gasteiger partial charge on any atom is -0.204 e. The van der Waals surface area contributed by atoms with Crippen LogP contribution < -0.4 is 0 Å². The average Bonchev–Trinajstić information content (AvgIpc) is 1.93. The van der Waals surface area contributed by atoms with E-state index in [4.69, 9.17) is 0 Å². The second-order valence-electron chi connectivity index (χ2n) is 1.69. The lowest BCUT2D eigenvalue weighted by molar-refractivity contribution is 0.594. The van der Waals surface area contributed by atoms with Crippen LogP contribution in [0.5, 0.6) is 0 Å². The Hall–Kier alpha value is 0.460. The molecular formula is C6H3Br2FS. The van der Waals surface area contributed by atoms with Crippen molar-refractivity contribution in [2.75, 3.05) is 0 Å². The lowest BCUT2D eigenvalue weighted by atomic mass is 10.3. The molecule has 0 aliphatic rings. The lowest BCUT2D eigenvalue weighted by Crippen LogP contribution is -1.80. The third-order valence-corrected chi connectivity index (χ3v) is 3.04. The molecule has 0 saturated heterocycles. The van der Waals surface area contributed by atoms with E-state index in [0.717, 1.165) is 0 Å². The normalized spacial score (nSPS) is 10.0. The fraction of sp³-hybridized carbons (Fsp3) is 0. The van der Waals surface area contributed by atoms with Crippen LogP contribution in [0.15, 0.2) is 26.0 Å². The molecular weight excluding hydrogens is 283 g/mol. The summed E-state index contributed by atoms with van der Waals surface area (Å²) >= 11 is 10.1. The Morgan fingerprint density at radius 1 is 1.20 bits per heavy atom. The first kappa shape index (κ1) is 8.56. The van der Waals surface area contributed by atoms with E-state index in [1.54, 1.807) is 12.1 Å². The minimum absolute atomic E-state index is 0.328. The highest BCUT2D eigenvalue weighted by Crippen LogP contribution is 2.28. The average molecular weight is 286 g/mol. The van der Waals surface area contributed by atoms with Crippen LogP contribution in [0.1, 0.15) is 0 Å². The molecule has 0 aliphatic carbocycles. The van der Waals surface area contributed by atoms with Crippen LogP contribution in [0.2, 0.25) is 0 Å². The van der Waals surface area contributed by atoms with Crippen molar-refractivity contribution in [3.63, 3.8) is 0 Å². The van der Waals surface area contributed by atoms with Crippen molar-refractivity contribution in [2.45, 2.75) is 4.90 Å². The molecule has 4 heteroatoms. The van der Waals surface area contributed by atoms with E-state index in [1.807, 2.05) is 0 Å². The minimum atomic E-state index is -0.335. The van der Waals surface area contributed by atoms with Gasteiger partial charge in [-0.1, -0.05) is 0 Å². The summed E-state index contributed by atoms with van der Waals surface area (Å²) in [4.78, 5) is 0.328. The van der Waals surface area contributed by atoms with Crippen molar-refractivity contribution >= 4 is 44.5 Å². The lowest BCUT2D eigenvalue weighted by Gasteiger charge is -1.99. The van der Waals surface area contributed by atoms with Crippen LogP contribution in [0, 0.1) is 5.82 Å². The first-order valence-electron chi connectivity index (χ1n) is 2.45. The molecule has 0 spiro atoms. The van der Waals surface area contributed by atoms with E-state index >= 15 is 0 Å². The number of rotatable bonds is 0. The summed E-state index contributed by atoms with van der Waals surface area (Å²) in [6, 6.07) is 3.36. The van der Waals surface area contributed by atoms with Crippen molar-refractivity contribution in [3.05, 3.63) is 26.9 Å². The highest BCUT2D eigenvalue weighted by atomic mass is 79.9. The van der Waals surface area contributed by atoms with Gasteiger partial charge in [0.15, 0.2) is 5.82 Å². The van der Waals surface area contributed by atoms with Gasteiger partial charge in [0.25, 0.3) is 0 Å². The number of benzene rings is 1. The van der Waals surface area contributed by atoms with Crippen molar-refractivity contribution in [3.8, 4) is 0 Å². The van der Waals surface area contributed by atoms with Gasteiger partial charge < -0.3 is 0 Å². The first-order chi connectivity index (χ1) is 4.63. The Balaban J connectivity index is 3.34. The van der Waals surface area contributed by atoms with E-state index < -0.39 is 0 Å². The molecule has 0 saturated carbocycles. The summed E-state index contributed by atoms with van der Waals surface area (Å²) < 4.78 is 13.9. The second kappa shape index (κ2) is 3.24. The van der Waals surface area contributed by atoms with Crippen LogP contribution in [-0.4, -0.2) is 0 Å².